The molecule has 112 valence electrons. The monoisotopic (exact) mass is 285 g/mol. The molecule has 1 N–H and O–H groups in total. The molecule has 2 aromatic heterocycles. The third-order valence-corrected chi connectivity index (χ3v) is 4.61. The Balaban J connectivity index is 1.61. The van der Waals surface area contributed by atoms with Gasteiger partial charge in [0.1, 0.15) is 0 Å². The third-order valence-electron chi connectivity index (χ3n) is 4.61. The zero-order valence-corrected chi connectivity index (χ0v) is 12.6. The van der Waals surface area contributed by atoms with Gasteiger partial charge in [0.2, 0.25) is 5.95 Å². The molecule has 2 aromatic rings. The molecule has 1 aliphatic carbocycles. The van der Waals surface area contributed by atoms with Gasteiger partial charge < -0.3 is 10.2 Å². The van der Waals surface area contributed by atoms with Crippen molar-refractivity contribution >= 4 is 11.6 Å². The summed E-state index contributed by atoms with van der Waals surface area (Å²) in [5.41, 5.74) is 2.16. The first kappa shape index (κ1) is 13.1. The van der Waals surface area contributed by atoms with Gasteiger partial charge in [-0.2, -0.15) is 4.98 Å². The van der Waals surface area contributed by atoms with Gasteiger partial charge in [0, 0.05) is 25.3 Å². The molecule has 1 aliphatic heterocycles. The first-order valence-corrected chi connectivity index (χ1v) is 8.10. The van der Waals surface area contributed by atoms with Crippen LogP contribution in [0.25, 0.3) is 5.65 Å². The van der Waals surface area contributed by atoms with Gasteiger partial charge in [-0.3, -0.25) is 0 Å². The highest BCUT2D eigenvalue weighted by molar-refractivity contribution is 5.50. The van der Waals surface area contributed by atoms with Crippen molar-refractivity contribution in [3.8, 4) is 0 Å². The first-order valence-electron chi connectivity index (χ1n) is 8.10. The van der Waals surface area contributed by atoms with E-state index in [0.29, 0.717) is 6.04 Å². The van der Waals surface area contributed by atoms with Crippen LogP contribution >= 0.6 is 0 Å². The number of nitrogens with one attached hydrogen (secondary N) is 1. The summed E-state index contributed by atoms with van der Waals surface area (Å²) in [6.45, 7) is 5.39. The summed E-state index contributed by atoms with van der Waals surface area (Å²) in [5.74, 6) is 1.74. The molecule has 1 unspecified atom stereocenters. The summed E-state index contributed by atoms with van der Waals surface area (Å²) in [7, 11) is 0. The van der Waals surface area contributed by atoms with Crippen molar-refractivity contribution in [1.29, 1.82) is 0 Å². The van der Waals surface area contributed by atoms with Gasteiger partial charge in [0.05, 0.1) is 0 Å². The van der Waals surface area contributed by atoms with Gasteiger partial charge in [-0.05, 0) is 56.7 Å². The fourth-order valence-corrected chi connectivity index (χ4v) is 3.19. The SMILES string of the molecule is Cc1cccn2nc(N(CC3CC3)CC3CCCN3)nc12. The molecular formula is C16H23N5. The van der Waals surface area contributed by atoms with Crippen molar-refractivity contribution in [2.24, 2.45) is 5.92 Å². The van der Waals surface area contributed by atoms with Gasteiger partial charge in [-0.1, -0.05) is 6.07 Å². The summed E-state index contributed by atoms with van der Waals surface area (Å²) in [6, 6.07) is 4.72. The summed E-state index contributed by atoms with van der Waals surface area (Å²) >= 11 is 0. The number of aromatic nitrogens is 3. The molecular weight excluding hydrogens is 262 g/mol. The van der Waals surface area contributed by atoms with Crippen molar-refractivity contribution in [2.75, 3.05) is 24.5 Å². The zero-order chi connectivity index (χ0) is 14.2. The Bertz CT molecular complexity index is 625. The van der Waals surface area contributed by atoms with Gasteiger partial charge >= 0.3 is 0 Å². The molecule has 5 nitrogen and oxygen atoms in total. The van der Waals surface area contributed by atoms with Crippen LogP contribution in [-0.2, 0) is 0 Å². The van der Waals surface area contributed by atoms with Crippen LogP contribution in [0.5, 0.6) is 0 Å². The van der Waals surface area contributed by atoms with Crippen LogP contribution in [-0.4, -0.2) is 40.3 Å². The van der Waals surface area contributed by atoms with Crippen molar-refractivity contribution in [3.63, 3.8) is 0 Å². The van der Waals surface area contributed by atoms with Gasteiger partial charge in [0.15, 0.2) is 5.65 Å². The number of anilines is 1. The molecule has 0 radical (unpaired) electrons. The number of rotatable bonds is 5. The van der Waals surface area contributed by atoms with Crippen molar-refractivity contribution in [2.45, 2.75) is 38.6 Å². The second kappa shape index (κ2) is 5.30. The summed E-state index contributed by atoms with van der Waals surface area (Å²) < 4.78 is 1.91. The number of hydrogen-bond donors (Lipinski definition) is 1. The van der Waals surface area contributed by atoms with Crippen LogP contribution in [0.15, 0.2) is 18.3 Å². The Kier molecular flexibility index (Phi) is 3.30. The molecule has 2 fully saturated rings. The Hall–Kier alpha value is -1.62. The highest BCUT2D eigenvalue weighted by Gasteiger charge is 2.28. The van der Waals surface area contributed by atoms with E-state index >= 15 is 0 Å². The van der Waals surface area contributed by atoms with E-state index in [1.165, 1.54) is 31.2 Å². The summed E-state index contributed by atoms with van der Waals surface area (Å²) in [6.07, 6.45) is 7.27. The molecule has 5 heteroatoms. The molecule has 4 rings (SSSR count). The standard InChI is InChI=1S/C16H23N5/c1-12-4-3-9-21-15(12)18-16(19-21)20(10-13-6-7-13)11-14-5-2-8-17-14/h3-4,9,13-14,17H,2,5-8,10-11H2,1H3. The maximum absolute atomic E-state index is 4.79. The molecule has 0 aromatic carbocycles. The van der Waals surface area contributed by atoms with Gasteiger partial charge in [-0.25, -0.2) is 4.52 Å². The Morgan fingerprint density at radius 3 is 2.95 bits per heavy atom. The van der Waals surface area contributed by atoms with Crippen LogP contribution in [0.3, 0.4) is 0 Å². The Morgan fingerprint density at radius 2 is 2.24 bits per heavy atom. The molecule has 0 bridgehead atoms. The minimum Gasteiger partial charge on any atom is -0.338 e. The largest absolute Gasteiger partial charge is 0.338 e. The molecule has 3 heterocycles. The minimum atomic E-state index is 0.594. The molecule has 21 heavy (non-hydrogen) atoms. The number of hydrogen-bond acceptors (Lipinski definition) is 4. The molecule has 1 saturated heterocycles. The lowest BCUT2D eigenvalue weighted by atomic mass is 10.2. The van der Waals surface area contributed by atoms with Crippen LogP contribution in [0.1, 0.15) is 31.2 Å². The predicted molar refractivity (Wildman–Crippen MR) is 83.7 cm³/mol. The van der Waals surface area contributed by atoms with Crippen LogP contribution < -0.4 is 10.2 Å². The van der Waals surface area contributed by atoms with E-state index < -0.39 is 0 Å². The van der Waals surface area contributed by atoms with E-state index in [9.17, 15) is 0 Å². The number of pyridine rings is 1. The lowest BCUT2D eigenvalue weighted by molar-refractivity contribution is 0.563. The van der Waals surface area contributed by atoms with Gasteiger partial charge in [0.25, 0.3) is 0 Å². The van der Waals surface area contributed by atoms with E-state index in [0.717, 1.165) is 37.1 Å². The third kappa shape index (κ3) is 2.75. The quantitative estimate of drug-likeness (QED) is 0.913. The fourth-order valence-electron chi connectivity index (χ4n) is 3.19. The molecule has 1 saturated carbocycles. The molecule has 0 spiro atoms. The van der Waals surface area contributed by atoms with E-state index in [-0.39, 0.29) is 0 Å². The smallest absolute Gasteiger partial charge is 0.245 e. The number of nitrogens with zero attached hydrogens (tertiary/aromatic N) is 4. The maximum atomic E-state index is 4.79. The minimum absolute atomic E-state index is 0.594. The number of fused-ring (bicyclic) bond motifs is 1. The van der Waals surface area contributed by atoms with Crippen LogP contribution in [0, 0.1) is 12.8 Å². The second-order valence-corrected chi connectivity index (χ2v) is 6.51. The first-order chi connectivity index (χ1) is 10.3. The zero-order valence-electron chi connectivity index (χ0n) is 12.6. The lowest BCUT2D eigenvalue weighted by Crippen LogP contribution is -2.39. The highest BCUT2D eigenvalue weighted by atomic mass is 15.4. The maximum Gasteiger partial charge on any atom is 0.245 e. The Morgan fingerprint density at radius 1 is 1.33 bits per heavy atom. The summed E-state index contributed by atoms with van der Waals surface area (Å²) in [4.78, 5) is 7.18. The topological polar surface area (TPSA) is 45.5 Å². The summed E-state index contributed by atoms with van der Waals surface area (Å²) in [5, 5.41) is 8.29. The lowest BCUT2D eigenvalue weighted by Gasteiger charge is -2.24. The van der Waals surface area contributed by atoms with E-state index in [4.69, 9.17) is 10.1 Å². The predicted octanol–water partition coefficient (Wildman–Crippen LogP) is 2.01. The molecule has 0 amide bonds. The number of aryl methyl sites for hydroxylation is 1. The average Bonchev–Trinajstić information content (AvgIpc) is 2.99. The average molecular weight is 285 g/mol. The molecule has 1 atom stereocenters. The van der Waals surface area contributed by atoms with E-state index in [1.807, 2.05) is 16.8 Å². The van der Waals surface area contributed by atoms with Gasteiger partial charge in [-0.15, -0.1) is 5.10 Å². The van der Waals surface area contributed by atoms with Crippen molar-refractivity contribution in [3.05, 3.63) is 23.9 Å². The van der Waals surface area contributed by atoms with E-state index in [1.54, 1.807) is 0 Å². The normalized spacial score (nSPS) is 22.0. The second-order valence-electron chi connectivity index (χ2n) is 6.51. The molecule has 2 aliphatic rings. The van der Waals surface area contributed by atoms with Crippen LogP contribution in [0.2, 0.25) is 0 Å². The Labute approximate surface area is 125 Å². The fraction of sp³-hybridized carbons (Fsp3) is 0.625. The van der Waals surface area contributed by atoms with Crippen molar-refractivity contribution in [1.82, 2.24) is 19.9 Å². The highest BCUT2D eigenvalue weighted by Crippen LogP contribution is 2.31. The van der Waals surface area contributed by atoms with Crippen molar-refractivity contribution < 1.29 is 0 Å². The van der Waals surface area contributed by atoms with E-state index in [2.05, 4.69) is 23.2 Å². The van der Waals surface area contributed by atoms with Crippen LogP contribution in [0.4, 0.5) is 5.95 Å².